The summed E-state index contributed by atoms with van der Waals surface area (Å²) in [5.41, 5.74) is 0. The standard InChI is InChI=1S/C14H16N4O2S/c19-14(15-9-12-3-2-8-21-12)18-7-5-11(10-18)20-13-4-1-6-16-17-13/h1-4,6,8,11H,5,7,9-10H2,(H,15,19)/t11-/m0/s1. The molecule has 3 rings (SSSR count). The summed E-state index contributed by atoms with van der Waals surface area (Å²) in [5.74, 6) is 0.503. The second kappa shape index (κ2) is 6.53. The van der Waals surface area contributed by atoms with Crippen LogP contribution in [0.2, 0.25) is 0 Å². The molecule has 3 heterocycles. The van der Waals surface area contributed by atoms with Crippen LogP contribution in [0.25, 0.3) is 0 Å². The Morgan fingerprint density at radius 3 is 3.19 bits per heavy atom. The second-order valence-electron chi connectivity index (χ2n) is 4.77. The third-order valence-corrected chi connectivity index (χ3v) is 4.14. The van der Waals surface area contributed by atoms with E-state index in [1.807, 2.05) is 17.5 Å². The molecule has 1 aliphatic rings. The van der Waals surface area contributed by atoms with Crippen molar-refractivity contribution in [3.8, 4) is 5.88 Å². The first kappa shape index (κ1) is 13.8. The summed E-state index contributed by atoms with van der Waals surface area (Å²) in [7, 11) is 0. The van der Waals surface area contributed by atoms with Gasteiger partial charge in [-0.15, -0.1) is 16.4 Å². The molecule has 0 aromatic carbocycles. The molecule has 1 atom stereocenters. The van der Waals surface area contributed by atoms with Crippen LogP contribution in [0.3, 0.4) is 0 Å². The van der Waals surface area contributed by atoms with Gasteiger partial charge >= 0.3 is 6.03 Å². The lowest BCUT2D eigenvalue weighted by Gasteiger charge is -2.17. The maximum absolute atomic E-state index is 12.1. The zero-order valence-electron chi connectivity index (χ0n) is 11.4. The number of aromatic nitrogens is 2. The number of rotatable bonds is 4. The number of carbonyl (C=O) groups is 1. The molecule has 1 N–H and O–H groups in total. The highest BCUT2D eigenvalue weighted by Crippen LogP contribution is 2.16. The summed E-state index contributed by atoms with van der Waals surface area (Å²) in [5, 5.41) is 12.6. The Kier molecular flexibility index (Phi) is 4.30. The van der Waals surface area contributed by atoms with Crippen molar-refractivity contribution in [1.29, 1.82) is 0 Å². The molecule has 0 aliphatic carbocycles. The SMILES string of the molecule is O=C(NCc1cccs1)N1CC[C@H](Oc2cccnn2)C1. The molecule has 21 heavy (non-hydrogen) atoms. The number of nitrogens with zero attached hydrogens (tertiary/aromatic N) is 3. The normalized spacial score (nSPS) is 17.7. The quantitative estimate of drug-likeness (QED) is 0.937. The largest absolute Gasteiger partial charge is 0.471 e. The Balaban J connectivity index is 1.46. The number of carbonyl (C=O) groups excluding carboxylic acids is 1. The molecule has 7 heteroatoms. The molecule has 1 saturated heterocycles. The van der Waals surface area contributed by atoms with Crippen LogP contribution in [0.1, 0.15) is 11.3 Å². The minimum absolute atomic E-state index is 0.0193. The van der Waals surface area contributed by atoms with E-state index in [9.17, 15) is 4.79 Å². The number of likely N-dealkylation sites (tertiary alicyclic amines) is 1. The second-order valence-corrected chi connectivity index (χ2v) is 5.81. The number of thiophene rings is 1. The number of amides is 2. The van der Waals surface area contributed by atoms with E-state index in [2.05, 4.69) is 15.5 Å². The summed E-state index contributed by atoms with van der Waals surface area (Å²) in [6.07, 6.45) is 2.39. The Hall–Kier alpha value is -2.15. The van der Waals surface area contributed by atoms with Crippen LogP contribution < -0.4 is 10.1 Å². The van der Waals surface area contributed by atoms with E-state index in [1.165, 1.54) is 0 Å². The van der Waals surface area contributed by atoms with Crippen molar-refractivity contribution in [1.82, 2.24) is 20.4 Å². The van der Waals surface area contributed by atoms with Gasteiger partial charge in [-0.2, -0.15) is 5.10 Å². The summed E-state index contributed by atoms with van der Waals surface area (Å²) in [6, 6.07) is 7.49. The Labute approximate surface area is 126 Å². The van der Waals surface area contributed by atoms with Gasteiger partial charge in [0, 0.05) is 30.1 Å². The van der Waals surface area contributed by atoms with Crippen molar-refractivity contribution in [2.45, 2.75) is 19.1 Å². The van der Waals surface area contributed by atoms with Crippen LogP contribution in [-0.2, 0) is 6.54 Å². The minimum Gasteiger partial charge on any atom is -0.471 e. The Bertz CT molecular complexity index is 576. The molecule has 110 valence electrons. The monoisotopic (exact) mass is 304 g/mol. The van der Waals surface area contributed by atoms with E-state index in [4.69, 9.17) is 4.74 Å². The van der Waals surface area contributed by atoms with Gasteiger partial charge in [0.2, 0.25) is 5.88 Å². The van der Waals surface area contributed by atoms with Gasteiger partial charge < -0.3 is 15.0 Å². The molecule has 1 aliphatic heterocycles. The first-order valence-corrected chi connectivity index (χ1v) is 7.69. The van der Waals surface area contributed by atoms with Gasteiger partial charge in [-0.3, -0.25) is 0 Å². The van der Waals surface area contributed by atoms with Crippen LogP contribution in [-0.4, -0.2) is 40.3 Å². The molecular weight excluding hydrogens is 288 g/mol. The average Bonchev–Trinajstić information content (AvgIpc) is 3.17. The molecule has 2 aromatic rings. The fourth-order valence-corrected chi connectivity index (χ4v) is 2.86. The van der Waals surface area contributed by atoms with Crippen molar-refractivity contribution < 1.29 is 9.53 Å². The first-order valence-electron chi connectivity index (χ1n) is 6.81. The van der Waals surface area contributed by atoms with Gasteiger partial charge in [-0.1, -0.05) is 6.07 Å². The number of ether oxygens (including phenoxy) is 1. The van der Waals surface area contributed by atoms with Crippen molar-refractivity contribution >= 4 is 17.4 Å². The highest BCUT2D eigenvalue weighted by molar-refractivity contribution is 7.09. The van der Waals surface area contributed by atoms with Crippen LogP contribution >= 0.6 is 11.3 Å². The molecule has 6 nitrogen and oxygen atoms in total. The van der Waals surface area contributed by atoms with Gasteiger partial charge in [0.25, 0.3) is 0 Å². The molecule has 2 aromatic heterocycles. The fourth-order valence-electron chi connectivity index (χ4n) is 2.22. The highest BCUT2D eigenvalue weighted by Gasteiger charge is 2.27. The van der Waals surface area contributed by atoms with Crippen LogP contribution in [0.4, 0.5) is 4.79 Å². The van der Waals surface area contributed by atoms with Gasteiger partial charge in [-0.05, 0) is 17.5 Å². The maximum atomic E-state index is 12.1. The van der Waals surface area contributed by atoms with E-state index in [-0.39, 0.29) is 12.1 Å². The summed E-state index contributed by atoms with van der Waals surface area (Å²) in [4.78, 5) is 15.0. The summed E-state index contributed by atoms with van der Waals surface area (Å²) in [6.45, 7) is 1.84. The van der Waals surface area contributed by atoms with E-state index in [0.29, 0.717) is 25.5 Å². The van der Waals surface area contributed by atoms with E-state index in [1.54, 1.807) is 34.6 Å². The fraction of sp³-hybridized carbons (Fsp3) is 0.357. The maximum Gasteiger partial charge on any atom is 0.317 e. The third kappa shape index (κ3) is 3.69. The van der Waals surface area contributed by atoms with Crippen molar-refractivity contribution in [3.63, 3.8) is 0 Å². The molecule has 0 saturated carbocycles. The zero-order chi connectivity index (χ0) is 14.5. The molecule has 1 fully saturated rings. The zero-order valence-corrected chi connectivity index (χ0v) is 12.3. The minimum atomic E-state index is -0.0476. The van der Waals surface area contributed by atoms with Gasteiger partial charge in [0.05, 0.1) is 13.1 Å². The van der Waals surface area contributed by atoms with Gasteiger partial charge in [0.1, 0.15) is 6.10 Å². The van der Waals surface area contributed by atoms with E-state index >= 15 is 0 Å². The van der Waals surface area contributed by atoms with Crippen molar-refractivity contribution in [2.75, 3.05) is 13.1 Å². The summed E-state index contributed by atoms with van der Waals surface area (Å²) < 4.78 is 5.71. The number of hydrogen-bond acceptors (Lipinski definition) is 5. The van der Waals surface area contributed by atoms with Gasteiger partial charge in [0.15, 0.2) is 0 Å². The Morgan fingerprint density at radius 2 is 2.43 bits per heavy atom. The number of hydrogen-bond donors (Lipinski definition) is 1. The highest BCUT2D eigenvalue weighted by atomic mass is 32.1. The van der Waals surface area contributed by atoms with Crippen LogP contribution in [0.15, 0.2) is 35.8 Å². The predicted molar refractivity (Wildman–Crippen MR) is 79.2 cm³/mol. The average molecular weight is 304 g/mol. The van der Waals surface area contributed by atoms with Crippen LogP contribution in [0, 0.1) is 0 Å². The molecule has 0 unspecified atom stereocenters. The van der Waals surface area contributed by atoms with E-state index in [0.717, 1.165) is 11.3 Å². The molecule has 2 amide bonds. The topological polar surface area (TPSA) is 67.4 Å². The predicted octanol–water partition coefficient (Wildman–Crippen LogP) is 1.90. The van der Waals surface area contributed by atoms with Crippen molar-refractivity contribution in [3.05, 3.63) is 40.7 Å². The first-order chi connectivity index (χ1) is 10.3. The lowest BCUT2D eigenvalue weighted by molar-refractivity contribution is 0.182. The van der Waals surface area contributed by atoms with Crippen LogP contribution in [0.5, 0.6) is 5.88 Å². The van der Waals surface area contributed by atoms with Gasteiger partial charge in [-0.25, -0.2) is 4.79 Å². The van der Waals surface area contributed by atoms with Crippen molar-refractivity contribution in [2.24, 2.45) is 0 Å². The van der Waals surface area contributed by atoms with E-state index < -0.39 is 0 Å². The lowest BCUT2D eigenvalue weighted by atomic mass is 10.3. The number of nitrogens with one attached hydrogen (secondary N) is 1. The Morgan fingerprint density at radius 1 is 1.48 bits per heavy atom. The molecule has 0 radical (unpaired) electrons. The molecular formula is C14H16N4O2S. The lowest BCUT2D eigenvalue weighted by Crippen LogP contribution is -2.38. The summed E-state index contributed by atoms with van der Waals surface area (Å²) >= 11 is 1.64. The number of urea groups is 1. The molecule has 0 bridgehead atoms. The smallest absolute Gasteiger partial charge is 0.317 e. The third-order valence-electron chi connectivity index (χ3n) is 3.26. The molecule has 0 spiro atoms.